The summed E-state index contributed by atoms with van der Waals surface area (Å²) in [5, 5.41) is -2.44. The van der Waals surface area contributed by atoms with Gasteiger partial charge in [-0.1, -0.05) is 5.92 Å². The van der Waals surface area contributed by atoms with Gasteiger partial charge >= 0.3 is 6.18 Å². The highest BCUT2D eigenvalue weighted by Gasteiger charge is 2.46. The molecule has 0 amide bonds. The van der Waals surface area contributed by atoms with E-state index in [1.54, 1.807) is 0 Å². The molecule has 0 spiro atoms. The van der Waals surface area contributed by atoms with E-state index in [2.05, 4.69) is 0 Å². The number of hydrogen-bond acceptors (Lipinski definition) is 2. The fraction of sp³-hybridized carbons (Fsp3) is 0.714. The summed E-state index contributed by atoms with van der Waals surface area (Å²) in [5.41, 5.74) is 0. The summed E-state index contributed by atoms with van der Waals surface area (Å²) in [6.45, 7) is 0.213. The van der Waals surface area contributed by atoms with Crippen molar-refractivity contribution in [2.75, 3.05) is 13.6 Å². The molecule has 0 aromatic heterocycles. The Morgan fingerprint density at radius 3 is 2.21 bits per heavy atom. The van der Waals surface area contributed by atoms with E-state index in [9.17, 15) is 21.6 Å². The smallest absolute Gasteiger partial charge is 0.212 e. The van der Waals surface area contributed by atoms with Crippen LogP contribution in [0.5, 0.6) is 0 Å². The summed E-state index contributed by atoms with van der Waals surface area (Å²) in [6, 6.07) is 0. The van der Waals surface area contributed by atoms with Gasteiger partial charge in [0.15, 0.2) is 5.25 Å². The van der Waals surface area contributed by atoms with E-state index >= 15 is 0 Å². The summed E-state index contributed by atoms with van der Waals surface area (Å²) in [5.74, 6) is 1.96. The highest BCUT2D eigenvalue weighted by atomic mass is 32.2. The van der Waals surface area contributed by atoms with Gasteiger partial charge < -0.3 is 0 Å². The molecule has 0 aliphatic rings. The first kappa shape index (κ1) is 13.3. The summed E-state index contributed by atoms with van der Waals surface area (Å²) >= 11 is 0. The maximum atomic E-state index is 12.1. The lowest BCUT2D eigenvalue weighted by atomic mass is 10.5. The van der Waals surface area contributed by atoms with Crippen LogP contribution >= 0.6 is 0 Å². The average Bonchev–Trinajstić information content (AvgIpc) is 2.01. The molecule has 1 atom stereocenters. The van der Waals surface area contributed by atoms with Crippen LogP contribution in [0.2, 0.25) is 0 Å². The van der Waals surface area contributed by atoms with Gasteiger partial charge in [-0.3, -0.25) is 0 Å². The topological polar surface area (TPSA) is 37.4 Å². The number of halogens is 3. The number of sulfonamides is 1. The molecule has 0 rings (SSSR count). The van der Waals surface area contributed by atoms with E-state index in [1.165, 1.54) is 0 Å². The van der Waals surface area contributed by atoms with Gasteiger partial charge in [0.05, 0.1) is 6.54 Å². The number of rotatable bonds is 3. The van der Waals surface area contributed by atoms with Crippen molar-refractivity contribution >= 4 is 10.0 Å². The Kier molecular flexibility index (Phi) is 3.97. The van der Waals surface area contributed by atoms with E-state index in [4.69, 9.17) is 6.42 Å². The quantitative estimate of drug-likeness (QED) is 0.672. The summed E-state index contributed by atoms with van der Waals surface area (Å²) in [7, 11) is -3.38. The Labute approximate surface area is 80.9 Å². The molecular formula is C7H10F3NO2S. The monoisotopic (exact) mass is 229 g/mol. The summed E-state index contributed by atoms with van der Waals surface area (Å²) in [4.78, 5) is 0. The van der Waals surface area contributed by atoms with Crippen LogP contribution in [0.3, 0.4) is 0 Å². The largest absolute Gasteiger partial charge is 0.406 e. The number of alkyl halides is 3. The summed E-state index contributed by atoms with van der Waals surface area (Å²) in [6.07, 6.45) is 0.0219. The fourth-order valence-corrected chi connectivity index (χ4v) is 1.79. The van der Waals surface area contributed by atoms with Crippen LogP contribution in [-0.4, -0.2) is 37.7 Å². The van der Waals surface area contributed by atoms with Crippen molar-refractivity contribution in [2.45, 2.75) is 18.3 Å². The second-order valence-electron chi connectivity index (χ2n) is 2.69. The Hall–Kier alpha value is -0.740. The molecule has 0 fully saturated rings. The van der Waals surface area contributed by atoms with Crippen molar-refractivity contribution < 1.29 is 21.6 Å². The molecule has 0 bridgehead atoms. The van der Waals surface area contributed by atoms with Crippen molar-refractivity contribution in [3.05, 3.63) is 0 Å². The summed E-state index contributed by atoms with van der Waals surface area (Å²) < 4.78 is 59.1. The van der Waals surface area contributed by atoms with E-state index < -0.39 is 21.4 Å². The Morgan fingerprint density at radius 2 is 1.93 bits per heavy atom. The molecule has 0 N–H and O–H groups in total. The third-order valence-electron chi connectivity index (χ3n) is 1.66. The first-order valence-electron chi connectivity index (χ1n) is 3.59. The van der Waals surface area contributed by atoms with Crippen molar-refractivity contribution in [3.8, 4) is 12.3 Å². The Morgan fingerprint density at radius 1 is 1.50 bits per heavy atom. The van der Waals surface area contributed by atoms with E-state index in [-0.39, 0.29) is 6.54 Å². The fourth-order valence-electron chi connectivity index (χ4n) is 0.657. The standard InChI is InChI=1S/C7H10F3NO2S/c1-4-5-11(3)14(12,13)6(2)7(8,9)10/h1,6H,5H2,2-3H3/t6-/m0/s1. The molecule has 14 heavy (non-hydrogen) atoms. The second-order valence-corrected chi connectivity index (χ2v) is 5.05. The van der Waals surface area contributed by atoms with Gasteiger partial charge in [0.1, 0.15) is 0 Å². The van der Waals surface area contributed by atoms with Gasteiger partial charge in [-0.15, -0.1) is 6.42 Å². The maximum absolute atomic E-state index is 12.1. The van der Waals surface area contributed by atoms with Gasteiger partial charge in [-0.05, 0) is 6.92 Å². The SMILES string of the molecule is C#CCN(C)S(=O)(=O)[C@@H](C)C(F)(F)F. The molecule has 0 unspecified atom stereocenters. The molecule has 0 aromatic rings. The van der Waals surface area contributed by atoms with Crippen molar-refractivity contribution in [2.24, 2.45) is 0 Å². The second kappa shape index (κ2) is 4.19. The lowest BCUT2D eigenvalue weighted by molar-refractivity contribution is -0.127. The van der Waals surface area contributed by atoms with Crippen molar-refractivity contribution in [1.29, 1.82) is 0 Å². The molecule has 7 heteroatoms. The minimum Gasteiger partial charge on any atom is -0.212 e. The Balaban J connectivity index is 4.91. The predicted molar refractivity (Wildman–Crippen MR) is 45.9 cm³/mol. The third-order valence-corrected chi connectivity index (χ3v) is 3.81. The van der Waals surface area contributed by atoms with Crippen molar-refractivity contribution in [3.63, 3.8) is 0 Å². The van der Waals surface area contributed by atoms with Gasteiger partial charge in [-0.25, -0.2) is 8.42 Å². The predicted octanol–water partition coefficient (Wildman–Crippen LogP) is 0.832. The molecular weight excluding hydrogens is 219 g/mol. The molecule has 0 aliphatic carbocycles. The number of hydrogen-bond donors (Lipinski definition) is 0. The van der Waals surface area contributed by atoms with E-state index in [1.807, 2.05) is 5.92 Å². The van der Waals surface area contributed by atoms with Crippen LogP contribution in [0.4, 0.5) is 13.2 Å². The number of nitrogens with zero attached hydrogens (tertiary/aromatic N) is 1. The maximum Gasteiger partial charge on any atom is 0.406 e. The van der Waals surface area contributed by atoms with Crippen LogP contribution < -0.4 is 0 Å². The lowest BCUT2D eigenvalue weighted by Gasteiger charge is -2.21. The molecule has 0 saturated heterocycles. The molecule has 0 aliphatic heterocycles. The van der Waals surface area contributed by atoms with Crippen LogP contribution in [0.15, 0.2) is 0 Å². The minimum atomic E-state index is -4.78. The minimum absolute atomic E-state index is 0.372. The van der Waals surface area contributed by atoms with Gasteiger partial charge in [-0.2, -0.15) is 17.5 Å². The molecule has 0 saturated carbocycles. The van der Waals surface area contributed by atoms with Crippen LogP contribution in [0.25, 0.3) is 0 Å². The molecule has 0 aromatic carbocycles. The first-order valence-corrected chi connectivity index (χ1v) is 5.09. The van der Waals surface area contributed by atoms with Gasteiger partial charge in [0.2, 0.25) is 10.0 Å². The van der Waals surface area contributed by atoms with Crippen LogP contribution in [-0.2, 0) is 10.0 Å². The first-order chi connectivity index (χ1) is 6.14. The van der Waals surface area contributed by atoms with Crippen molar-refractivity contribution in [1.82, 2.24) is 4.31 Å². The molecule has 82 valence electrons. The average molecular weight is 229 g/mol. The molecule has 0 radical (unpaired) electrons. The van der Waals surface area contributed by atoms with Crippen LogP contribution in [0.1, 0.15) is 6.92 Å². The van der Waals surface area contributed by atoms with Crippen LogP contribution in [0, 0.1) is 12.3 Å². The van der Waals surface area contributed by atoms with E-state index in [0.29, 0.717) is 11.2 Å². The van der Waals surface area contributed by atoms with Gasteiger partial charge in [0, 0.05) is 7.05 Å². The zero-order valence-electron chi connectivity index (χ0n) is 7.67. The zero-order chi connectivity index (χ0) is 11.6. The highest BCUT2D eigenvalue weighted by Crippen LogP contribution is 2.26. The van der Waals surface area contributed by atoms with Gasteiger partial charge in [0.25, 0.3) is 0 Å². The normalized spacial score (nSPS) is 15.2. The third kappa shape index (κ3) is 2.89. The Bertz CT molecular complexity index is 328. The highest BCUT2D eigenvalue weighted by molar-refractivity contribution is 7.89. The number of terminal acetylenes is 1. The molecule has 3 nitrogen and oxygen atoms in total. The lowest BCUT2D eigenvalue weighted by Crippen LogP contribution is -2.42. The molecule has 0 heterocycles. The zero-order valence-corrected chi connectivity index (χ0v) is 8.48. The van der Waals surface area contributed by atoms with E-state index in [0.717, 1.165) is 7.05 Å².